The zero-order valence-electron chi connectivity index (χ0n) is 38.5. The van der Waals surface area contributed by atoms with Crippen molar-refractivity contribution in [3.63, 3.8) is 0 Å². The van der Waals surface area contributed by atoms with Crippen LogP contribution in [0.2, 0.25) is 0 Å². The van der Waals surface area contributed by atoms with Crippen LogP contribution in [-0.2, 0) is 28.6 Å². The summed E-state index contributed by atoms with van der Waals surface area (Å²) in [4.78, 5) is 37.7. The van der Waals surface area contributed by atoms with Crippen LogP contribution in [0.5, 0.6) is 0 Å². The molecule has 0 aromatic heterocycles. The van der Waals surface area contributed by atoms with Crippen LogP contribution in [0, 0.1) is 0 Å². The maximum absolute atomic E-state index is 12.7. The summed E-state index contributed by atoms with van der Waals surface area (Å²) >= 11 is 0. The molecule has 0 aliphatic carbocycles. The highest BCUT2D eigenvalue weighted by atomic mass is 16.6. The van der Waals surface area contributed by atoms with Crippen molar-refractivity contribution in [3.05, 3.63) is 72.9 Å². The molecule has 0 aliphatic heterocycles. The molecule has 0 saturated carbocycles. The fraction of sp³-hybridized carbons (Fsp3) is 0.717. The van der Waals surface area contributed by atoms with Gasteiger partial charge in [0, 0.05) is 19.3 Å². The van der Waals surface area contributed by atoms with E-state index in [1.54, 1.807) is 0 Å². The van der Waals surface area contributed by atoms with Crippen LogP contribution in [0.15, 0.2) is 72.9 Å². The van der Waals surface area contributed by atoms with E-state index in [2.05, 4.69) is 93.7 Å². The van der Waals surface area contributed by atoms with Crippen LogP contribution >= 0.6 is 0 Å². The van der Waals surface area contributed by atoms with Gasteiger partial charge in [0.25, 0.3) is 0 Å². The van der Waals surface area contributed by atoms with Gasteiger partial charge in [-0.05, 0) is 89.9 Å². The Morgan fingerprint density at radius 1 is 0.356 bits per heavy atom. The molecule has 0 rings (SSSR count). The monoisotopic (exact) mass is 823 g/mol. The lowest BCUT2D eigenvalue weighted by atomic mass is 10.1. The van der Waals surface area contributed by atoms with Gasteiger partial charge in [-0.2, -0.15) is 0 Å². The van der Waals surface area contributed by atoms with Crippen LogP contribution in [0.3, 0.4) is 0 Å². The Labute approximate surface area is 363 Å². The van der Waals surface area contributed by atoms with Gasteiger partial charge in [0.05, 0.1) is 0 Å². The fourth-order valence-electron chi connectivity index (χ4n) is 6.52. The zero-order valence-corrected chi connectivity index (χ0v) is 38.5. The van der Waals surface area contributed by atoms with E-state index >= 15 is 0 Å². The van der Waals surface area contributed by atoms with E-state index in [1.165, 1.54) is 64.2 Å². The molecule has 0 radical (unpaired) electrons. The van der Waals surface area contributed by atoms with Gasteiger partial charge in [0.15, 0.2) is 6.10 Å². The Balaban J connectivity index is 4.30. The number of allylic oxidation sites excluding steroid dienone is 12. The second-order valence-electron chi connectivity index (χ2n) is 16.0. The Bertz CT molecular complexity index is 1130. The lowest BCUT2D eigenvalue weighted by Gasteiger charge is -2.18. The van der Waals surface area contributed by atoms with E-state index < -0.39 is 6.10 Å². The van der Waals surface area contributed by atoms with Gasteiger partial charge in [-0.15, -0.1) is 0 Å². The molecule has 1 atom stereocenters. The molecule has 338 valence electrons. The highest BCUT2D eigenvalue weighted by Crippen LogP contribution is 2.13. The first-order valence-electron chi connectivity index (χ1n) is 24.4. The summed E-state index contributed by atoms with van der Waals surface area (Å²) in [6.07, 6.45) is 59.0. The Morgan fingerprint density at radius 2 is 0.661 bits per heavy atom. The molecule has 0 saturated heterocycles. The number of hydrogen-bond acceptors (Lipinski definition) is 6. The highest BCUT2D eigenvalue weighted by Gasteiger charge is 2.19. The van der Waals surface area contributed by atoms with Crippen LogP contribution in [0.25, 0.3) is 0 Å². The summed E-state index contributed by atoms with van der Waals surface area (Å²) in [7, 11) is 0. The Hall–Kier alpha value is -3.15. The summed E-state index contributed by atoms with van der Waals surface area (Å²) in [5.41, 5.74) is 0. The van der Waals surface area contributed by atoms with Crippen molar-refractivity contribution < 1.29 is 28.6 Å². The standard InChI is InChI=1S/C53H90O6/c1-4-7-10-13-16-18-20-22-23-24-25-26-27-28-29-31-32-34-37-40-43-46-52(55)58-49-50(48-57-51(54)45-42-39-36-15-12-9-6-3)59-53(56)47-44-41-38-35-33-30-21-19-17-14-11-8-5-2/h7,10,16,18-19,21-23,25-26,28-29,50H,4-6,8-9,11-15,17,20,24,27,30-49H2,1-3H3/b10-7-,18-16-,21-19-,23-22-,26-25-,29-28-. The van der Waals surface area contributed by atoms with E-state index in [1.807, 2.05) is 0 Å². The van der Waals surface area contributed by atoms with Gasteiger partial charge in [-0.25, -0.2) is 0 Å². The molecule has 0 aliphatic rings. The lowest BCUT2D eigenvalue weighted by Crippen LogP contribution is -2.30. The van der Waals surface area contributed by atoms with Crippen molar-refractivity contribution in [3.8, 4) is 0 Å². The van der Waals surface area contributed by atoms with E-state index in [-0.39, 0.29) is 31.1 Å². The molecule has 0 aromatic rings. The second kappa shape index (κ2) is 47.5. The van der Waals surface area contributed by atoms with E-state index in [0.29, 0.717) is 19.3 Å². The molecule has 0 fully saturated rings. The van der Waals surface area contributed by atoms with Crippen LogP contribution in [-0.4, -0.2) is 37.2 Å². The second-order valence-corrected chi connectivity index (χ2v) is 16.0. The first kappa shape index (κ1) is 55.9. The molecule has 0 N–H and O–H groups in total. The minimum absolute atomic E-state index is 0.0850. The third-order valence-electron chi connectivity index (χ3n) is 10.2. The minimum Gasteiger partial charge on any atom is -0.462 e. The summed E-state index contributed by atoms with van der Waals surface area (Å²) in [6, 6.07) is 0. The number of carbonyl (C=O) groups is 3. The number of hydrogen-bond donors (Lipinski definition) is 0. The topological polar surface area (TPSA) is 78.9 Å². The maximum Gasteiger partial charge on any atom is 0.306 e. The molecule has 0 aromatic carbocycles. The highest BCUT2D eigenvalue weighted by molar-refractivity contribution is 5.71. The minimum atomic E-state index is -0.783. The van der Waals surface area contributed by atoms with Crippen LogP contribution in [0.1, 0.15) is 226 Å². The summed E-state index contributed by atoms with van der Waals surface area (Å²) in [6.45, 7) is 6.43. The number of esters is 3. The van der Waals surface area contributed by atoms with Crippen molar-refractivity contribution in [1.29, 1.82) is 0 Å². The van der Waals surface area contributed by atoms with Gasteiger partial charge < -0.3 is 14.2 Å². The largest absolute Gasteiger partial charge is 0.462 e. The van der Waals surface area contributed by atoms with Crippen molar-refractivity contribution in [2.45, 2.75) is 232 Å². The number of ether oxygens (including phenoxy) is 3. The first-order valence-corrected chi connectivity index (χ1v) is 24.4. The lowest BCUT2D eigenvalue weighted by molar-refractivity contribution is -0.167. The number of carbonyl (C=O) groups excluding carboxylic acids is 3. The molecule has 0 bridgehead atoms. The van der Waals surface area contributed by atoms with Crippen LogP contribution < -0.4 is 0 Å². The Kier molecular flexibility index (Phi) is 45.0. The molecule has 59 heavy (non-hydrogen) atoms. The van der Waals surface area contributed by atoms with Crippen LogP contribution in [0.4, 0.5) is 0 Å². The third kappa shape index (κ3) is 45.8. The number of rotatable bonds is 43. The van der Waals surface area contributed by atoms with E-state index in [4.69, 9.17) is 14.2 Å². The van der Waals surface area contributed by atoms with Crippen molar-refractivity contribution in [2.24, 2.45) is 0 Å². The first-order chi connectivity index (χ1) is 29.0. The van der Waals surface area contributed by atoms with Gasteiger partial charge in [-0.3, -0.25) is 14.4 Å². The molecular weight excluding hydrogens is 733 g/mol. The normalized spacial score (nSPS) is 12.7. The number of unbranched alkanes of at least 4 members (excludes halogenated alkanes) is 20. The average Bonchev–Trinajstić information content (AvgIpc) is 3.23. The molecule has 0 amide bonds. The van der Waals surface area contributed by atoms with E-state index in [0.717, 1.165) is 122 Å². The predicted octanol–water partition coefficient (Wildman–Crippen LogP) is 15.9. The van der Waals surface area contributed by atoms with E-state index in [9.17, 15) is 14.4 Å². The van der Waals surface area contributed by atoms with Crippen molar-refractivity contribution in [2.75, 3.05) is 13.2 Å². The fourth-order valence-corrected chi connectivity index (χ4v) is 6.52. The van der Waals surface area contributed by atoms with Gasteiger partial charge in [-0.1, -0.05) is 190 Å². The zero-order chi connectivity index (χ0) is 43.0. The SMILES string of the molecule is CC/C=C\C/C=C\C/C=C\C/C=C\C/C=C\CCCCCCCC(=O)OCC(COC(=O)CCCCCCCCC)OC(=O)CCCCCCC/C=C\CCCCCC. The summed E-state index contributed by atoms with van der Waals surface area (Å²) in [5, 5.41) is 0. The van der Waals surface area contributed by atoms with Gasteiger partial charge in [0.2, 0.25) is 0 Å². The predicted molar refractivity (Wildman–Crippen MR) is 251 cm³/mol. The quantitative estimate of drug-likeness (QED) is 0.0264. The third-order valence-corrected chi connectivity index (χ3v) is 10.2. The average molecular weight is 823 g/mol. The molecule has 6 heteroatoms. The molecule has 1 unspecified atom stereocenters. The van der Waals surface area contributed by atoms with Crippen molar-refractivity contribution in [1.82, 2.24) is 0 Å². The molecule has 0 heterocycles. The Morgan fingerprint density at radius 3 is 1.07 bits per heavy atom. The van der Waals surface area contributed by atoms with Gasteiger partial charge >= 0.3 is 17.9 Å². The molecule has 6 nitrogen and oxygen atoms in total. The summed E-state index contributed by atoms with van der Waals surface area (Å²) < 4.78 is 16.7. The van der Waals surface area contributed by atoms with Crippen molar-refractivity contribution >= 4 is 17.9 Å². The smallest absolute Gasteiger partial charge is 0.306 e. The van der Waals surface area contributed by atoms with Gasteiger partial charge in [0.1, 0.15) is 13.2 Å². The summed E-state index contributed by atoms with van der Waals surface area (Å²) in [5.74, 6) is -0.922. The molecular formula is C53H90O6. The maximum atomic E-state index is 12.7. The molecule has 0 spiro atoms.